The van der Waals surface area contributed by atoms with Crippen LogP contribution in [-0.2, 0) is 12.1 Å². The van der Waals surface area contributed by atoms with Crippen molar-refractivity contribution >= 4 is 15.9 Å². The quantitative estimate of drug-likeness (QED) is 0.922. The number of benzene rings is 1. The Morgan fingerprint density at radius 3 is 2.47 bits per heavy atom. The fourth-order valence-corrected chi connectivity index (χ4v) is 2.42. The van der Waals surface area contributed by atoms with Gasteiger partial charge in [0.15, 0.2) is 11.6 Å². The second-order valence-corrected chi connectivity index (χ2v) is 6.42. The molecule has 2 aromatic rings. The van der Waals surface area contributed by atoms with Crippen LogP contribution in [0.2, 0.25) is 0 Å². The third-order valence-corrected chi connectivity index (χ3v) is 3.83. The first-order valence-electron chi connectivity index (χ1n) is 6.16. The Kier molecular flexibility index (Phi) is 3.78. The van der Waals surface area contributed by atoms with Gasteiger partial charge in [-0.25, -0.2) is 0 Å². The van der Waals surface area contributed by atoms with Gasteiger partial charge in [0.1, 0.15) is 6.61 Å². The zero-order valence-electron chi connectivity index (χ0n) is 11.6. The van der Waals surface area contributed by atoms with Crippen LogP contribution in [-0.4, -0.2) is 19.9 Å². The minimum atomic E-state index is -0.186. The number of hydrogen-bond donors (Lipinski definition) is 1. The summed E-state index contributed by atoms with van der Waals surface area (Å²) in [5.41, 5.74) is 1.97. The molecule has 0 aliphatic heterocycles. The number of aromatic nitrogens is 3. The average Bonchev–Trinajstić information content (AvgIpc) is 2.76. The number of aryl methyl sites for hydroxylation is 1. The first-order chi connectivity index (χ1) is 8.84. The maximum absolute atomic E-state index is 9.41. The van der Waals surface area contributed by atoms with E-state index in [4.69, 9.17) is 0 Å². The second-order valence-electron chi connectivity index (χ2n) is 5.57. The summed E-state index contributed by atoms with van der Waals surface area (Å²) in [7, 11) is 0. The fourth-order valence-electron chi connectivity index (χ4n) is 2.04. The maximum atomic E-state index is 9.41. The van der Waals surface area contributed by atoms with Crippen LogP contribution >= 0.6 is 15.9 Å². The SMILES string of the molecule is Cc1ccc(-c2nnc(CO)n2C(C)(C)C)cc1Br. The van der Waals surface area contributed by atoms with Crippen LogP contribution in [0.1, 0.15) is 32.2 Å². The van der Waals surface area contributed by atoms with Crippen molar-refractivity contribution in [3.8, 4) is 11.4 Å². The molecule has 5 heteroatoms. The van der Waals surface area contributed by atoms with Crippen LogP contribution in [0, 0.1) is 6.92 Å². The van der Waals surface area contributed by atoms with Crippen LogP contribution in [0.15, 0.2) is 22.7 Å². The number of hydrogen-bond acceptors (Lipinski definition) is 3. The van der Waals surface area contributed by atoms with Gasteiger partial charge < -0.3 is 9.67 Å². The summed E-state index contributed by atoms with van der Waals surface area (Å²) in [6.07, 6.45) is 0. The Morgan fingerprint density at radius 1 is 1.26 bits per heavy atom. The highest BCUT2D eigenvalue weighted by molar-refractivity contribution is 9.10. The Bertz CT molecular complexity index is 599. The molecule has 0 radical (unpaired) electrons. The van der Waals surface area contributed by atoms with Crippen molar-refractivity contribution in [3.05, 3.63) is 34.1 Å². The summed E-state index contributed by atoms with van der Waals surface area (Å²) in [6, 6.07) is 6.09. The van der Waals surface area contributed by atoms with Crippen molar-refractivity contribution in [1.29, 1.82) is 0 Å². The third-order valence-electron chi connectivity index (χ3n) is 2.97. The minimum Gasteiger partial charge on any atom is -0.388 e. The van der Waals surface area contributed by atoms with E-state index in [2.05, 4.69) is 46.9 Å². The molecule has 0 spiro atoms. The molecule has 19 heavy (non-hydrogen) atoms. The molecule has 0 fully saturated rings. The highest BCUT2D eigenvalue weighted by Gasteiger charge is 2.23. The first kappa shape index (κ1) is 14.2. The smallest absolute Gasteiger partial charge is 0.164 e. The molecule has 102 valence electrons. The predicted molar refractivity (Wildman–Crippen MR) is 78.8 cm³/mol. The third kappa shape index (κ3) is 2.72. The van der Waals surface area contributed by atoms with Crippen molar-refractivity contribution in [2.75, 3.05) is 0 Å². The number of rotatable bonds is 2. The van der Waals surface area contributed by atoms with Gasteiger partial charge >= 0.3 is 0 Å². The molecule has 1 heterocycles. The van der Waals surface area contributed by atoms with Crippen molar-refractivity contribution in [2.24, 2.45) is 0 Å². The molecular weight excluding hydrogens is 306 g/mol. The van der Waals surface area contributed by atoms with Crippen molar-refractivity contribution in [1.82, 2.24) is 14.8 Å². The van der Waals surface area contributed by atoms with Gasteiger partial charge in [-0.15, -0.1) is 10.2 Å². The summed E-state index contributed by atoms with van der Waals surface area (Å²) in [4.78, 5) is 0. The van der Waals surface area contributed by atoms with E-state index < -0.39 is 0 Å². The molecule has 0 bridgehead atoms. The molecule has 1 aromatic carbocycles. The molecule has 0 amide bonds. The number of aliphatic hydroxyl groups excluding tert-OH is 1. The molecule has 1 N–H and O–H groups in total. The van der Waals surface area contributed by atoms with Gasteiger partial charge in [0.2, 0.25) is 0 Å². The minimum absolute atomic E-state index is 0.114. The highest BCUT2D eigenvalue weighted by atomic mass is 79.9. The van der Waals surface area contributed by atoms with E-state index in [0.717, 1.165) is 15.9 Å². The molecule has 1 aromatic heterocycles. The number of aliphatic hydroxyl groups is 1. The van der Waals surface area contributed by atoms with E-state index in [1.54, 1.807) is 0 Å². The highest BCUT2D eigenvalue weighted by Crippen LogP contribution is 2.29. The lowest BCUT2D eigenvalue weighted by atomic mass is 10.1. The summed E-state index contributed by atoms with van der Waals surface area (Å²) >= 11 is 3.54. The van der Waals surface area contributed by atoms with Crippen LogP contribution < -0.4 is 0 Å². The van der Waals surface area contributed by atoms with Gasteiger partial charge in [-0.05, 0) is 39.3 Å². The van der Waals surface area contributed by atoms with E-state index in [0.29, 0.717) is 5.82 Å². The lowest BCUT2D eigenvalue weighted by Crippen LogP contribution is -2.25. The van der Waals surface area contributed by atoms with E-state index in [1.807, 2.05) is 29.7 Å². The Morgan fingerprint density at radius 2 is 1.95 bits per heavy atom. The topological polar surface area (TPSA) is 50.9 Å². The predicted octanol–water partition coefficient (Wildman–Crippen LogP) is 3.26. The summed E-state index contributed by atoms with van der Waals surface area (Å²) < 4.78 is 3.02. The Balaban J connectivity index is 2.62. The second kappa shape index (κ2) is 5.06. The molecule has 0 aliphatic rings. The largest absolute Gasteiger partial charge is 0.388 e. The zero-order chi connectivity index (χ0) is 14.2. The van der Waals surface area contributed by atoms with Crippen molar-refractivity contribution in [2.45, 2.75) is 39.8 Å². The molecule has 0 aliphatic carbocycles. The zero-order valence-corrected chi connectivity index (χ0v) is 13.2. The van der Waals surface area contributed by atoms with Crippen molar-refractivity contribution < 1.29 is 5.11 Å². The van der Waals surface area contributed by atoms with Gasteiger partial charge in [0, 0.05) is 15.6 Å². The Labute approximate surface area is 121 Å². The van der Waals surface area contributed by atoms with Gasteiger partial charge in [0.25, 0.3) is 0 Å². The fraction of sp³-hybridized carbons (Fsp3) is 0.429. The molecular formula is C14H18BrN3O. The lowest BCUT2D eigenvalue weighted by molar-refractivity contribution is 0.250. The normalized spacial score (nSPS) is 11.9. The van der Waals surface area contributed by atoms with Gasteiger partial charge in [0.05, 0.1) is 0 Å². The average molecular weight is 324 g/mol. The molecule has 0 saturated carbocycles. The Hall–Kier alpha value is -1.20. The van der Waals surface area contributed by atoms with Gasteiger partial charge in [-0.3, -0.25) is 0 Å². The summed E-state index contributed by atoms with van der Waals surface area (Å²) in [6.45, 7) is 8.14. The van der Waals surface area contributed by atoms with Gasteiger partial charge in [-0.1, -0.05) is 28.1 Å². The van der Waals surface area contributed by atoms with E-state index >= 15 is 0 Å². The molecule has 4 nitrogen and oxygen atoms in total. The van der Waals surface area contributed by atoms with Crippen LogP contribution in [0.25, 0.3) is 11.4 Å². The summed E-state index contributed by atoms with van der Waals surface area (Å²) in [5, 5.41) is 17.7. The molecule has 0 saturated heterocycles. The standard InChI is InChI=1S/C14H18BrN3O/c1-9-5-6-10(7-11(9)15)13-17-16-12(8-19)18(13)14(2,3)4/h5-7,19H,8H2,1-4H3. The molecule has 0 unspecified atom stereocenters. The van der Waals surface area contributed by atoms with Gasteiger partial charge in [-0.2, -0.15) is 0 Å². The van der Waals surface area contributed by atoms with Crippen molar-refractivity contribution in [3.63, 3.8) is 0 Å². The molecule has 0 atom stereocenters. The number of nitrogens with zero attached hydrogens (tertiary/aromatic N) is 3. The monoisotopic (exact) mass is 323 g/mol. The van der Waals surface area contributed by atoms with E-state index in [1.165, 1.54) is 5.56 Å². The van der Waals surface area contributed by atoms with Crippen LogP contribution in [0.5, 0.6) is 0 Å². The lowest BCUT2D eigenvalue weighted by Gasteiger charge is -2.24. The van der Waals surface area contributed by atoms with E-state index in [9.17, 15) is 5.11 Å². The first-order valence-corrected chi connectivity index (χ1v) is 6.96. The maximum Gasteiger partial charge on any atom is 0.164 e. The van der Waals surface area contributed by atoms with E-state index in [-0.39, 0.29) is 12.1 Å². The van der Waals surface area contributed by atoms with Crippen LogP contribution in [0.4, 0.5) is 0 Å². The van der Waals surface area contributed by atoms with Crippen LogP contribution in [0.3, 0.4) is 0 Å². The molecule has 2 rings (SSSR count). The number of halogens is 1. The summed E-state index contributed by atoms with van der Waals surface area (Å²) in [5.74, 6) is 1.36.